The molecule has 0 amide bonds. The zero-order valence-corrected chi connectivity index (χ0v) is 15.9. The number of carbonyl (C=O) groups excluding carboxylic acids is 1. The van der Waals surface area contributed by atoms with Crippen molar-refractivity contribution in [2.45, 2.75) is 18.7 Å². The van der Waals surface area contributed by atoms with Gasteiger partial charge in [-0.15, -0.1) is 5.10 Å². The van der Waals surface area contributed by atoms with E-state index in [0.717, 1.165) is 17.3 Å². The van der Waals surface area contributed by atoms with Gasteiger partial charge in [0.1, 0.15) is 18.2 Å². The summed E-state index contributed by atoms with van der Waals surface area (Å²) in [6, 6.07) is 14.5. The molecule has 1 N–H and O–H groups in total. The quantitative estimate of drug-likeness (QED) is 0.483. The summed E-state index contributed by atoms with van der Waals surface area (Å²) in [4.78, 5) is 15.5. The molecule has 3 aromatic rings. The lowest BCUT2D eigenvalue weighted by atomic mass is 10.2. The Kier molecular flexibility index (Phi) is 6.16. The lowest BCUT2D eigenvalue weighted by molar-refractivity contribution is -0.297. The lowest BCUT2D eigenvalue weighted by Gasteiger charge is -2.09. The van der Waals surface area contributed by atoms with E-state index < -0.39 is 5.97 Å². The first-order valence-corrected chi connectivity index (χ1v) is 9.16. The number of carboxylic acids is 1. The van der Waals surface area contributed by atoms with Crippen LogP contribution in [-0.4, -0.2) is 21.2 Å². The van der Waals surface area contributed by atoms with Crippen LogP contribution < -0.4 is 9.84 Å². The first kappa shape index (κ1) is 19.0. The number of carbonyl (C=O) groups is 1. The van der Waals surface area contributed by atoms with Crippen molar-refractivity contribution in [2.75, 3.05) is 0 Å². The molecular weight excluding hydrogens is 386 g/mol. The van der Waals surface area contributed by atoms with E-state index in [1.54, 1.807) is 43.3 Å². The number of aliphatic carboxylic acids is 1. The monoisotopic (exact) mass is 400 g/mol. The second-order valence-corrected chi connectivity index (χ2v) is 7.03. The predicted octanol–water partition coefficient (Wildman–Crippen LogP) is 3.23. The van der Waals surface area contributed by atoms with E-state index >= 15 is 0 Å². The molecule has 138 valence electrons. The van der Waals surface area contributed by atoms with Gasteiger partial charge < -0.3 is 14.6 Å². The van der Waals surface area contributed by atoms with Gasteiger partial charge in [0.2, 0.25) is 5.16 Å². The number of hydrogen-bond acceptors (Lipinski definition) is 6. The molecule has 8 heteroatoms. The summed E-state index contributed by atoms with van der Waals surface area (Å²) in [6.07, 6.45) is 1.50. The number of aromatic nitrogens is 3. The minimum atomic E-state index is -1.30. The van der Waals surface area contributed by atoms with Crippen LogP contribution in [0.15, 0.2) is 58.6 Å². The van der Waals surface area contributed by atoms with Gasteiger partial charge in [-0.3, -0.25) is 5.10 Å². The van der Waals surface area contributed by atoms with Gasteiger partial charge in [0.05, 0.1) is 5.97 Å². The van der Waals surface area contributed by atoms with Crippen molar-refractivity contribution in [3.63, 3.8) is 0 Å². The molecule has 0 aliphatic heterocycles. The van der Waals surface area contributed by atoms with E-state index in [9.17, 15) is 9.90 Å². The minimum absolute atomic E-state index is 0.00357. The molecule has 0 fully saturated rings. The van der Waals surface area contributed by atoms with Gasteiger partial charge in [-0.25, -0.2) is 4.98 Å². The fourth-order valence-corrected chi connectivity index (χ4v) is 3.06. The normalized spacial score (nSPS) is 11.4. The van der Waals surface area contributed by atoms with Crippen LogP contribution in [-0.2, 0) is 11.4 Å². The Hall–Kier alpha value is -2.77. The first-order valence-electron chi connectivity index (χ1n) is 7.97. The molecular formula is C19H15ClN3O3S-. The molecule has 0 aliphatic rings. The summed E-state index contributed by atoms with van der Waals surface area (Å²) in [5.74, 6) is -0.0714. The van der Waals surface area contributed by atoms with Gasteiger partial charge in [-0.1, -0.05) is 35.9 Å². The second-order valence-electron chi connectivity index (χ2n) is 5.59. The standard InChI is InChI=1S/C19H16ClN3O3S/c1-12-21-19(23-22-12)27-17(18(24)25)10-14-3-2-4-16(9-14)26-11-13-5-7-15(20)8-6-13/h2-10H,11H2,1H3,(H,24,25)(H,21,22,23)/p-1/b17-10-. The number of benzene rings is 2. The van der Waals surface area contributed by atoms with Crippen molar-refractivity contribution in [3.8, 4) is 5.75 Å². The Morgan fingerprint density at radius 1 is 1.30 bits per heavy atom. The third-order valence-corrected chi connectivity index (χ3v) is 4.58. The maximum absolute atomic E-state index is 11.4. The van der Waals surface area contributed by atoms with Crippen LogP contribution in [0.1, 0.15) is 17.0 Å². The highest BCUT2D eigenvalue weighted by Gasteiger charge is 2.08. The van der Waals surface area contributed by atoms with Crippen LogP contribution >= 0.6 is 23.4 Å². The van der Waals surface area contributed by atoms with Crippen LogP contribution in [0.25, 0.3) is 6.08 Å². The molecule has 3 rings (SSSR count). The van der Waals surface area contributed by atoms with Gasteiger partial charge in [-0.2, -0.15) is 0 Å². The number of halogens is 1. The van der Waals surface area contributed by atoms with Crippen molar-refractivity contribution in [3.05, 3.63) is 75.4 Å². The third-order valence-electron chi connectivity index (χ3n) is 3.45. The van der Waals surface area contributed by atoms with E-state index in [1.165, 1.54) is 6.08 Å². The highest BCUT2D eigenvalue weighted by Crippen LogP contribution is 2.26. The Morgan fingerprint density at radius 3 is 2.74 bits per heavy atom. The second kappa shape index (κ2) is 8.75. The largest absolute Gasteiger partial charge is 0.544 e. The summed E-state index contributed by atoms with van der Waals surface area (Å²) in [6.45, 7) is 2.11. The maximum Gasteiger partial charge on any atom is 0.213 e. The summed E-state index contributed by atoms with van der Waals surface area (Å²) >= 11 is 6.79. The number of rotatable bonds is 7. The summed E-state index contributed by atoms with van der Waals surface area (Å²) in [5.41, 5.74) is 1.65. The Balaban J connectivity index is 1.73. The molecule has 0 saturated carbocycles. The molecule has 0 saturated heterocycles. The summed E-state index contributed by atoms with van der Waals surface area (Å²) in [5, 5.41) is 19.0. The number of thioether (sulfide) groups is 1. The van der Waals surface area contributed by atoms with E-state index in [-0.39, 0.29) is 4.91 Å². The summed E-state index contributed by atoms with van der Waals surface area (Å²) < 4.78 is 5.76. The van der Waals surface area contributed by atoms with Crippen molar-refractivity contribution in [1.82, 2.24) is 15.2 Å². The Labute approximate surface area is 165 Å². The number of nitrogens with one attached hydrogen (secondary N) is 1. The molecule has 0 atom stereocenters. The number of H-pyrrole nitrogens is 1. The van der Waals surface area contributed by atoms with Gasteiger partial charge >= 0.3 is 0 Å². The SMILES string of the molecule is Cc1nc(S/C(=C\c2cccc(OCc3ccc(Cl)cc3)c2)C(=O)[O-])n[nH]1. The number of hydrogen-bond donors (Lipinski definition) is 1. The number of aryl methyl sites for hydroxylation is 1. The fourth-order valence-electron chi connectivity index (χ4n) is 2.19. The van der Waals surface area contributed by atoms with E-state index in [0.29, 0.717) is 33.9 Å². The smallest absolute Gasteiger partial charge is 0.213 e. The van der Waals surface area contributed by atoms with E-state index in [2.05, 4.69) is 15.2 Å². The van der Waals surface area contributed by atoms with Crippen molar-refractivity contribution in [2.24, 2.45) is 0 Å². The van der Waals surface area contributed by atoms with Gasteiger partial charge in [0, 0.05) is 9.93 Å². The molecule has 0 unspecified atom stereocenters. The molecule has 2 aromatic carbocycles. The number of nitrogens with zero attached hydrogens (tertiary/aromatic N) is 2. The van der Waals surface area contributed by atoms with Crippen molar-refractivity contribution >= 4 is 35.4 Å². The first-order chi connectivity index (χ1) is 13.0. The van der Waals surface area contributed by atoms with E-state index in [1.807, 2.05) is 12.1 Å². The van der Waals surface area contributed by atoms with Crippen LogP contribution in [0.5, 0.6) is 5.75 Å². The zero-order chi connectivity index (χ0) is 19.2. The molecule has 0 aliphatic carbocycles. The average Bonchev–Trinajstić information content (AvgIpc) is 3.06. The average molecular weight is 401 g/mol. The molecule has 1 aromatic heterocycles. The van der Waals surface area contributed by atoms with Crippen molar-refractivity contribution < 1.29 is 14.6 Å². The highest BCUT2D eigenvalue weighted by molar-refractivity contribution is 8.04. The molecule has 6 nitrogen and oxygen atoms in total. The topological polar surface area (TPSA) is 90.9 Å². The molecule has 27 heavy (non-hydrogen) atoms. The molecule has 0 bridgehead atoms. The van der Waals surface area contributed by atoms with E-state index in [4.69, 9.17) is 16.3 Å². The van der Waals surface area contributed by atoms with Crippen LogP contribution in [0.4, 0.5) is 0 Å². The zero-order valence-electron chi connectivity index (χ0n) is 14.3. The summed E-state index contributed by atoms with van der Waals surface area (Å²) in [7, 11) is 0. The van der Waals surface area contributed by atoms with Crippen LogP contribution in [0, 0.1) is 6.92 Å². The van der Waals surface area contributed by atoms with Gasteiger partial charge in [0.15, 0.2) is 0 Å². The molecule has 0 radical (unpaired) electrons. The number of ether oxygens (including phenoxy) is 1. The molecule has 1 heterocycles. The van der Waals surface area contributed by atoms with Gasteiger partial charge in [0.25, 0.3) is 0 Å². The minimum Gasteiger partial charge on any atom is -0.544 e. The van der Waals surface area contributed by atoms with Crippen LogP contribution in [0.3, 0.4) is 0 Å². The number of carboxylic acid groups (broad SMARTS) is 1. The third kappa shape index (κ3) is 5.60. The number of aromatic amines is 1. The fraction of sp³-hybridized carbons (Fsp3) is 0.105. The lowest BCUT2D eigenvalue weighted by Crippen LogP contribution is -2.23. The molecule has 0 spiro atoms. The van der Waals surface area contributed by atoms with Gasteiger partial charge in [-0.05, 0) is 60.2 Å². The Bertz CT molecular complexity index is 970. The Morgan fingerprint density at radius 2 is 2.07 bits per heavy atom. The highest BCUT2D eigenvalue weighted by atomic mass is 35.5. The maximum atomic E-state index is 11.4. The predicted molar refractivity (Wildman–Crippen MR) is 102 cm³/mol. The van der Waals surface area contributed by atoms with Crippen LogP contribution in [0.2, 0.25) is 5.02 Å². The van der Waals surface area contributed by atoms with Crippen molar-refractivity contribution in [1.29, 1.82) is 0 Å².